The zero-order chi connectivity index (χ0) is 20.9. The van der Waals surface area contributed by atoms with Crippen LogP contribution in [0, 0.1) is 0 Å². The van der Waals surface area contributed by atoms with Crippen LogP contribution in [0.1, 0.15) is 31.2 Å². The predicted octanol–water partition coefficient (Wildman–Crippen LogP) is 4.51. The topological polar surface area (TPSA) is 89.7 Å². The van der Waals surface area contributed by atoms with Crippen LogP contribution in [0.3, 0.4) is 0 Å². The van der Waals surface area contributed by atoms with Gasteiger partial charge in [0.2, 0.25) is 11.7 Å². The molecule has 3 aromatic rings. The van der Waals surface area contributed by atoms with Gasteiger partial charge in [-0.3, -0.25) is 0 Å². The minimum Gasteiger partial charge on any atom is -0.497 e. The molecule has 0 bridgehead atoms. The van der Waals surface area contributed by atoms with Gasteiger partial charge in [0, 0.05) is 17.8 Å². The Hall–Kier alpha value is -3.55. The van der Waals surface area contributed by atoms with Crippen LogP contribution in [0.15, 0.2) is 53.1 Å². The number of likely N-dealkylation sites (tertiary alicyclic amines) is 1. The van der Waals surface area contributed by atoms with Crippen molar-refractivity contribution in [2.24, 2.45) is 0 Å². The molecule has 30 heavy (non-hydrogen) atoms. The van der Waals surface area contributed by atoms with Gasteiger partial charge in [-0.1, -0.05) is 17.3 Å². The first kappa shape index (κ1) is 19.8. The molecule has 0 radical (unpaired) electrons. The molecule has 1 aromatic heterocycles. The molecular weight excluding hydrogens is 384 g/mol. The average molecular weight is 408 g/mol. The summed E-state index contributed by atoms with van der Waals surface area (Å²) in [6.07, 6.45) is 2.70. The van der Waals surface area contributed by atoms with E-state index in [2.05, 4.69) is 15.5 Å². The van der Waals surface area contributed by atoms with Crippen molar-refractivity contribution >= 4 is 11.7 Å². The highest BCUT2D eigenvalue weighted by Crippen LogP contribution is 2.32. The van der Waals surface area contributed by atoms with E-state index < -0.39 is 0 Å². The Morgan fingerprint density at radius 2 is 1.90 bits per heavy atom. The third kappa shape index (κ3) is 4.22. The van der Waals surface area contributed by atoms with Gasteiger partial charge in [0.25, 0.3) is 0 Å². The number of carbonyl (C=O) groups is 1. The Bertz CT molecular complexity index is 1000. The maximum Gasteiger partial charge on any atom is 0.322 e. The Balaban J connectivity index is 1.52. The summed E-state index contributed by atoms with van der Waals surface area (Å²) in [6.45, 7) is 0.628. The molecule has 1 aliphatic rings. The lowest BCUT2D eigenvalue weighted by molar-refractivity contribution is 0.142. The lowest BCUT2D eigenvalue weighted by Crippen LogP contribution is -2.41. The summed E-state index contributed by atoms with van der Waals surface area (Å²) in [7, 11) is 3.22. The number of amides is 2. The number of aromatic nitrogens is 2. The lowest BCUT2D eigenvalue weighted by atomic mass is 10.0. The van der Waals surface area contributed by atoms with E-state index in [4.69, 9.17) is 14.0 Å². The highest BCUT2D eigenvalue weighted by atomic mass is 16.5. The van der Waals surface area contributed by atoms with Gasteiger partial charge in [0.1, 0.15) is 17.5 Å². The number of benzene rings is 2. The number of urea groups is 1. The first-order valence-corrected chi connectivity index (χ1v) is 9.87. The Morgan fingerprint density at radius 3 is 2.67 bits per heavy atom. The molecule has 0 aliphatic carbocycles. The summed E-state index contributed by atoms with van der Waals surface area (Å²) in [6, 6.07) is 14.3. The number of rotatable bonds is 5. The Kier molecular flexibility index (Phi) is 5.83. The zero-order valence-corrected chi connectivity index (χ0v) is 17.0. The average Bonchev–Trinajstić information content (AvgIpc) is 3.30. The van der Waals surface area contributed by atoms with Crippen molar-refractivity contribution in [3.05, 3.63) is 54.4 Å². The number of hydrogen-bond acceptors (Lipinski definition) is 6. The van der Waals surface area contributed by atoms with Crippen molar-refractivity contribution in [1.82, 2.24) is 15.0 Å². The number of anilines is 1. The van der Waals surface area contributed by atoms with E-state index in [1.54, 1.807) is 19.1 Å². The fourth-order valence-corrected chi connectivity index (χ4v) is 3.55. The molecular formula is C22H24N4O4. The van der Waals surface area contributed by atoms with Gasteiger partial charge >= 0.3 is 6.03 Å². The molecule has 0 saturated carbocycles. The molecule has 2 amide bonds. The Labute approximate surface area is 174 Å². The molecule has 0 spiro atoms. The molecule has 1 unspecified atom stereocenters. The number of nitrogens with zero attached hydrogens (tertiary/aromatic N) is 3. The van der Waals surface area contributed by atoms with Crippen LogP contribution in [0.5, 0.6) is 11.5 Å². The molecule has 1 N–H and O–H groups in total. The number of nitrogens with one attached hydrogen (secondary N) is 1. The normalized spacial score (nSPS) is 16.2. The smallest absolute Gasteiger partial charge is 0.322 e. The number of hydrogen-bond donors (Lipinski definition) is 1. The molecule has 156 valence electrons. The largest absolute Gasteiger partial charge is 0.497 e. The van der Waals surface area contributed by atoms with Gasteiger partial charge in [-0.05, 0) is 55.7 Å². The maximum absolute atomic E-state index is 12.9. The summed E-state index contributed by atoms with van der Waals surface area (Å²) in [4.78, 5) is 19.3. The summed E-state index contributed by atoms with van der Waals surface area (Å²) in [5.74, 6) is 2.37. The lowest BCUT2D eigenvalue weighted by Gasteiger charge is -2.33. The van der Waals surface area contributed by atoms with Gasteiger partial charge < -0.3 is 24.2 Å². The van der Waals surface area contributed by atoms with E-state index in [1.165, 1.54) is 0 Å². The monoisotopic (exact) mass is 408 g/mol. The van der Waals surface area contributed by atoms with Crippen LogP contribution < -0.4 is 14.8 Å². The first-order valence-electron chi connectivity index (χ1n) is 9.87. The SMILES string of the molecule is COc1ccc(NC(=O)N2CCCCC2c2nc(-c3cccc(OC)c3)no2)cc1. The van der Waals surface area contributed by atoms with E-state index in [-0.39, 0.29) is 12.1 Å². The third-order valence-electron chi connectivity index (χ3n) is 5.16. The predicted molar refractivity (Wildman–Crippen MR) is 112 cm³/mol. The summed E-state index contributed by atoms with van der Waals surface area (Å²) >= 11 is 0. The molecule has 8 heteroatoms. The van der Waals surface area contributed by atoms with Gasteiger partial charge in [0.05, 0.1) is 14.2 Å². The third-order valence-corrected chi connectivity index (χ3v) is 5.16. The minimum atomic E-state index is -0.260. The Morgan fingerprint density at radius 1 is 1.10 bits per heavy atom. The van der Waals surface area contributed by atoms with Crippen LogP contribution in [0.25, 0.3) is 11.4 Å². The second-order valence-corrected chi connectivity index (χ2v) is 7.05. The van der Waals surface area contributed by atoms with E-state index in [9.17, 15) is 4.79 Å². The van der Waals surface area contributed by atoms with E-state index in [1.807, 2.05) is 48.5 Å². The fourth-order valence-electron chi connectivity index (χ4n) is 3.55. The van der Waals surface area contributed by atoms with Crippen LogP contribution in [-0.4, -0.2) is 41.8 Å². The van der Waals surface area contributed by atoms with Gasteiger partial charge in [0.15, 0.2) is 0 Å². The van der Waals surface area contributed by atoms with E-state index in [0.29, 0.717) is 23.9 Å². The standard InChI is InChI=1S/C22H24N4O4/c1-28-17-11-9-16(10-12-17)23-22(27)26-13-4-3-8-19(26)21-24-20(25-30-21)15-6-5-7-18(14-15)29-2/h5-7,9-12,14,19H,3-4,8,13H2,1-2H3,(H,23,27). The van der Waals surface area contributed by atoms with Crippen molar-refractivity contribution in [3.63, 3.8) is 0 Å². The summed E-state index contributed by atoms with van der Waals surface area (Å²) in [5.41, 5.74) is 1.50. The zero-order valence-electron chi connectivity index (χ0n) is 17.0. The van der Waals surface area contributed by atoms with Crippen LogP contribution in [-0.2, 0) is 0 Å². The molecule has 1 aliphatic heterocycles. The van der Waals surface area contributed by atoms with Crippen molar-refractivity contribution in [3.8, 4) is 22.9 Å². The minimum absolute atomic E-state index is 0.189. The van der Waals surface area contributed by atoms with Crippen molar-refractivity contribution < 1.29 is 18.8 Å². The van der Waals surface area contributed by atoms with Gasteiger partial charge in [-0.2, -0.15) is 4.98 Å². The number of ether oxygens (including phenoxy) is 2. The van der Waals surface area contributed by atoms with Crippen molar-refractivity contribution in [2.45, 2.75) is 25.3 Å². The molecule has 8 nitrogen and oxygen atoms in total. The number of carbonyl (C=O) groups excluding carboxylic acids is 1. The number of piperidine rings is 1. The second kappa shape index (κ2) is 8.86. The molecule has 1 atom stereocenters. The van der Waals surface area contributed by atoms with Gasteiger partial charge in [-0.25, -0.2) is 4.79 Å². The summed E-state index contributed by atoms with van der Waals surface area (Å²) < 4.78 is 16.0. The maximum atomic E-state index is 12.9. The van der Waals surface area contributed by atoms with Crippen LogP contribution in [0.2, 0.25) is 0 Å². The molecule has 4 rings (SSSR count). The first-order chi connectivity index (χ1) is 14.7. The van der Waals surface area contributed by atoms with Crippen molar-refractivity contribution in [1.29, 1.82) is 0 Å². The number of methoxy groups -OCH3 is 2. The van der Waals surface area contributed by atoms with Crippen LogP contribution >= 0.6 is 0 Å². The highest BCUT2D eigenvalue weighted by molar-refractivity contribution is 5.89. The van der Waals surface area contributed by atoms with E-state index in [0.717, 1.165) is 36.3 Å². The second-order valence-electron chi connectivity index (χ2n) is 7.05. The fraction of sp³-hybridized carbons (Fsp3) is 0.318. The van der Waals surface area contributed by atoms with Gasteiger partial charge in [-0.15, -0.1) is 0 Å². The van der Waals surface area contributed by atoms with E-state index >= 15 is 0 Å². The van der Waals surface area contributed by atoms with Crippen molar-refractivity contribution in [2.75, 3.05) is 26.1 Å². The highest BCUT2D eigenvalue weighted by Gasteiger charge is 2.32. The quantitative estimate of drug-likeness (QED) is 0.668. The summed E-state index contributed by atoms with van der Waals surface area (Å²) in [5, 5.41) is 7.06. The molecule has 1 saturated heterocycles. The molecule has 1 fully saturated rings. The molecule has 2 heterocycles. The molecule has 2 aromatic carbocycles. The van der Waals surface area contributed by atoms with Crippen LogP contribution in [0.4, 0.5) is 10.5 Å².